The molecule has 0 aromatic carbocycles. The van der Waals surface area contributed by atoms with E-state index in [1.807, 2.05) is 0 Å². The highest BCUT2D eigenvalue weighted by Gasteiger charge is 2.20. The highest BCUT2D eigenvalue weighted by Crippen LogP contribution is 2.27. The fourth-order valence-electron chi connectivity index (χ4n) is 2.81. The lowest BCUT2D eigenvalue weighted by molar-refractivity contribution is 0.168. The van der Waals surface area contributed by atoms with E-state index in [1.165, 1.54) is 37.8 Å². The second kappa shape index (κ2) is 7.84. The first kappa shape index (κ1) is 15.6. The van der Waals surface area contributed by atoms with Gasteiger partial charge in [0.15, 0.2) is 0 Å². The molecule has 0 aliphatic heterocycles. The van der Waals surface area contributed by atoms with Gasteiger partial charge >= 0.3 is 0 Å². The summed E-state index contributed by atoms with van der Waals surface area (Å²) < 4.78 is 5.93. The van der Waals surface area contributed by atoms with Crippen LogP contribution in [0.25, 0.3) is 0 Å². The Hall–Kier alpha value is -0.800. The first-order chi connectivity index (χ1) is 9.72. The molecule has 1 saturated carbocycles. The van der Waals surface area contributed by atoms with Gasteiger partial charge in [-0.1, -0.05) is 20.3 Å². The first-order valence-electron chi connectivity index (χ1n) is 8.24. The van der Waals surface area contributed by atoms with Crippen LogP contribution in [0.1, 0.15) is 56.6 Å². The zero-order valence-electron chi connectivity index (χ0n) is 13.4. The maximum atomic E-state index is 5.93. The number of rotatable bonds is 9. The predicted octanol–water partition coefficient (Wildman–Crippen LogP) is 3.71. The molecule has 20 heavy (non-hydrogen) atoms. The Morgan fingerprint density at radius 3 is 2.75 bits per heavy atom. The monoisotopic (exact) mass is 278 g/mol. The summed E-state index contributed by atoms with van der Waals surface area (Å²) >= 11 is 0. The molecular weight excluding hydrogens is 248 g/mol. The van der Waals surface area contributed by atoms with Gasteiger partial charge in [0.2, 0.25) is 0 Å². The van der Waals surface area contributed by atoms with Crippen molar-refractivity contribution in [2.24, 2.45) is 5.92 Å². The van der Waals surface area contributed by atoms with Gasteiger partial charge in [0, 0.05) is 18.7 Å². The molecule has 0 amide bonds. The standard InChI is InChI=1S/C17H30N2O/c1-4-9-18-11-16-10-17(20-14(16)3)13-19(5-2)12-15-7-6-8-15/h10,15,18H,4-9,11-13H2,1-3H3. The summed E-state index contributed by atoms with van der Waals surface area (Å²) in [5.74, 6) is 3.12. The molecule has 1 heterocycles. The van der Waals surface area contributed by atoms with E-state index in [0.717, 1.165) is 43.6 Å². The van der Waals surface area contributed by atoms with Crippen LogP contribution in [0.4, 0.5) is 0 Å². The molecule has 0 radical (unpaired) electrons. The van der Waals surface area contributed by atoms with Crippen molar-refractivity contribution in [3.05, 3.63) is 23.2 Å². The molecule has 1 aromatic rings. The number of hydrogen-bond donors (Lipinski definition) is 1. The third kappa shape index (κ3) is 4.35. The van der Waals surface area contributed by atoms with E-state index in [0.29, 0.717) is 0 Å². The molecule has 0 unspecified atom stereocenters. The van der Waals surface area contributed by atoms with Gasteiger partial charge in [0.1, 0.15) is 11.5 Å². The third-order valence-corrected chi connectivity index (χ3v) is 4.38. The Balaban J connectivity index is 1.85. The minimum atomic E-state index is 0.928. The summed E-state index contributed by atoms with van der Waals surface area (Å²) in [6.45, 7) is 11.8. The van der Waals surface area contributed by atoms with Gasteiger partial charge in [-0.25, -0.2) is 0 Å². The Bertz CT molecular complexity index is 396. The van der Waals surface area contributed by atoms with Crippen molar-refractivity contribution in [2.75, 3.05) is 19.6 Å². The summed E-state index contributed by atoms with van der Waals surface area (Å²) in [5.41, 5.74) is 1.31. The van der Waals surface area contributed by atoms with E-state index >= 15 is 0 Å². The van der Waals surface area contributed by atoms with Crippen LogP contribution >= 0.6 is 0 Å². The van der Waals surface area contributed by atoms with Crippen molar-refractivity contribution < 1.29 is 4.42 Å². The lowest BCUT2D eigenvalue weighted by Crippen LogP contribution is -2.31. The minimum absolute atomic E-state index is 0.928. The SMILES string of the molecule is CCCNCc1cc(CN(CC)CC2CCC2)oc1C. The van der Waals surface area contributed by atoms with Crippen molar-refractivity contribution in [1.29, 1.82) is 0 Å². The van der Waals surface area contributed by atoms with Crippen molar-refractivity contribution in [3.63, 3.8) is 0 Å². The largest absolute Gasteiger partial charge is 0.465 e. The van der Waals surface area contributed by atoms with Crippen LogP contribution in [0, 0.1) is 12.8 Å². The van der Waals surface area contributed by atoms with E-state index < -0.39 is 0 Å². The summed E-state index contributed by atoms with van der Waals surface area (Å²) in [4.78, 5) is 2.52. The zero-order chi connectivity index (χ0) is 14.4. The highest BCUT2D eigenvalue weighted by atomic mass is 16.3. The molecule has 114 valence electrons. The average Bonchev–Trinajstić information content (AvgIpc) is 2.73. The number of nitrogens with zero attached hydrogens (tertiary/aromatic N) is 1. The molecule has 1 fully saturated rings. The molecule has 1 aromatic heterocycles. The van der Waals surface area contributed by atoms with Crippen molar-refractivity contribution in [3.8, 4) is 0 Å². The van der Waals surface area contributed by atoms with Gasteiger partial charge in [-0.05, 0) is 51.3 Å². The lowest BCUT2D eigenvalue weighted by Gasteiger charge is -2.31. The van der Waals surface area contributed by atoms with Crippen LogP contribution in [-0.4, -0.2) is 24.5 Å². The van der Waals surface area contributed by atoms with Crippen LogP contribution in [0.15, 0.2) is 10.5 Å². The van der Waals surface area contributed by atoms with E-state index in [1.54, 1.807) is 0 Å². The second-order valence-corrected chi connectivity index (χ2v) is 6.10. The van der Waals surface area contributed by atoms with Gasteiger partial charge in [0.25, 0.3) is 0 Å². The molecule has 0 spiro atoms. The van der Waals surface area contributed by atoms with Gasteiger partial charge in [0.05, 0.1) is 6.54 Å². The van der Waals surface area contributed by atoms with E-state index in [-0.39, 0.29) is 0 Å². The molecule has 2 rings (SSSR count). The maximum absolute atomic E-state index is 5.93. The second-order valence-electron chi connectivity index (χ2n) is 6.10. The van der Waals surface area contributed by atoms with Gasteiger partial charge in [-0.3, -0.25) is 4.90 Å². The molecule has 0 saturated heterocycles. The number of aryl methyl sites for hydroxylation is 1. The Kier molecular flexibility index (Phi) is 6.11. The smallest absolute Gasteiger partial charge is 0.118 e. The topological polar surface area (TPSA) is 28.4 Å². The molecule has 3 heteroatoms. The molecule has 0 bridgehead atoms. The van der Waals surface area contributed by atoms with Gasteiger partial charge < -0.3 is 9.73 Å². The number of hydrogen-bond acceptors (Lipinski definition) is 3. The molecule has 1 N–H and O–H groups in total. The van der Waals surface area contributed by atoms with Crippen molar-refractivity contribution in [1.82, 2.24) is 10.2 Å². The summed E-state index contributed by atoms with van der Waals surface area (Å²) in [7, 11) is 0. The predicted molar refractivity (Wildman–Crippen MR) is 83.7 cm³/mol. The first-order valence-corrected chi connectivity index (χ1v) is 8.24. The fourth-order valence-corrected chi connectivity index (χ4v) is 2.81. The number of nitrogens with one attached hydrogen (secondary N) is 1. The lowest BCUT2D eigenvalue weighted by atomic mass is 9.85. The van der Waals surface area contributed by atoms with Crippen LogP contribution < -0.4 is 5.32 Å². The van der Waals surface area contributed by atoms with Crippen LogP contribution in [-0.2, 0) is 13.1 Å². The Morgan fingerprint density at radius 1 is 1.35 bits per heavy atom. The van der Waals surface area contributed by atoms with Gasteiger partial charge in [-0.2, -0.15) is 0 Å². The van der Waals surface area contributed by atoms with Crippen LogP contribution in [0.5, 0.6) is 0 Å². The quantitative estimate of drug-likeness (QED) is 0.698. The summed E-state index contributed by atoms with van der Waals surface area (Å²) in [6, 6.07) is 2.24. The average molecular weight is 278 g/mol. The van der Waals surface area contributed by atoms with E-state index in [2.05, 4.69) is 37.1 Å². The molecule has 1 aliphatic carbocycles. The third-order valence-electron chi connectivity index (χ3n) is 4.38. The normalized spacial score (nSPS) is 15.8. The van der Waals surface area contributed by atoms with Gasteiger partial charge in [-0.15, -0.1) is 0 Å². The summed E-state index contributed by atoms with van der Waals surface area (Å²) in [5, 5.41) is 3.45. The fraction of sp³-hybridized carbons (Fsp3) is 0.765. The minimum Gasteiger partial charge on any atom is -0.465 e. The van der Waals surface area contributed by atoms with E-state index in [4.69, 9.17) is 4.42 Å². The molecule has 3 nitrogen and oxygen atoms in total. The van der Waals surface area contributed by atoms with Crippen molar-refractivity contribution >= 4 is 0 Å². The van der Waals surface area contributed by atoms with E-state index in [9.17, 15) is 0 Å². The molecular formula is C17H30N2O. The van der Waals surface area contributed by atoms with Crippen LogP contribution in [0.2, 0.25) is 0 Å². The summed E-state index contributed by atoms with van der Waals surface area (Å²) in [6.07, 6.45) is 5.43. The maximum Gasteiger partial charge on any atom is 0.118 e. The Labute approximate surface area is 123 Å². The Morgan fingerprint density at radius 2 is 2.15 bits per heavy atom. The zero-order valence-corrected chi connectivity index (χ0v) is 13.4. The highest BCUT2D eigenvalue weighted by molar-refractivity contribution is 5.20. The number of furan rings is 1. The van der Waals surface area contributed by atoms with Crippen molar-refractivity contribution in [2.45, 2.75) is 59.5 Å². The van der Waals surface area contributed by atoms with Crippen LogP contribution in [0.3, 0.4) is 0 Å². The molecule has 0 atom stereocenters. The molecule has 1 aliphatic rings.